The van der Waals surface area contributed by atoms with Gasteiger partial charge in [-0.25, -0.2) is 4.98 Å². The van der Waals surface area contributed by atoms with E-state index < -0.39 is 0 Å². The summed E-state index contributed by atoms with van der Waals surface area (Å²) < 4.78 is 1.45. The number of hydrogen-bond donors (Lipinski definition) is 1. The van der Waals surface area contributed by atoms with Gasteiger partial charge in [0.05, 0.1) is 17.8 Å². The number of fused-ring (bicyclic) bond motifs is 3. The number of nitrogens with zero attached hydrogens (tertiary/aromatic N) is 2. The van der Waals surface area contributed by atoms with Gasteiger partial charge in [-0.1, -0.05) is 36.8 Å². The molecule has 146 valence electrons. The Labute approximate surface area is 168 Å². The third-order valence-electron chi connectivity index (χ3n) is 5.48. The number of rotatable bonds is 5. The summed E-state index contributed by atoms with van der Waals surface area (Å²) in [5.74, 6) is -0.167. The highest BCUT2D eigenvalue weighted by molar-refractivity contribution is 7.18. The molecule has 2 heterocycles. The first kappa shape index (κ1) is 18.9. The molecule has 0 radical (unpaired) electrons. The summed E-state index contributed by atoms with van der Waals surface area (Å²) in [5, 5.41) is 3.78. The maximum absolute atomic E-state index is 13.0. The molecule has 3 aromatic rings. The van der Waals surface area contributed by atoms with E-state index in [1.165, 1.54) is 27.8 Å². The van der Waals surface area contributed by atoms with Crippen molar-refractivity contribution < 1.29 is 4.79 Å². The Morgan fingerprint density at radius 3 is 2.75 bits per heavy atom. The maximum Gasteiger partial charge on any atom is 0.262 e. The second kappa shape index (κ2) is 7.87. The van der Waals surface area contributed by atoms with Crippen molar-refractivity contribution in [1.82, 2.24) is 14.9 Å². The van der Waals surface area contributed by atoms with Gasteiger partial charge in [0.2, 0.25) is 5.91 Å². The fourth-order valence-electron chi connectivity index (χ4n) is 3.91. The zero-order valence-electron chi connectivity index (χ0n) is 16.3. The lowest BCUT2D eigenvalue weighted by Gasteiger charge is -2.18. The van der Waals surface area contributed by atoms with E-state index in [1.807, 2.05) is 38.1 Å². The van der Waals surface area contributed by atoms with E-state index in [0.29, 0.717) is 0 Å². The Morgan fingerprint density at radius 2 is 2.00 bits per heavy atom. The van der Waals surface area contributed by atoms with Gasteiger partial charge in [-0.15, -0.1) is 11.3 Å². The molecule has 2 aromatic heterocycles. The molecule has 28 heavy (non-hydrogen) atoms. The number of carbonyl (C=O) groups excluding carboxylic acids is 1. The molecule has 1 amide bonds. The predicted octanol–water partition coefficient (Wildman–Crippen LogP) is 3.91. The first-order valence-corrected chi connectivity index (χ1v) is 10.7. The molecule has 0 saturated heterocycles. The highest BCUT2D eigenvalue weighted by atomic mass is 32.1. The number of aromatic nitrogens is 2. The van der Waals surface area contributed by atoms with Gasteiger partial charge < -0.3 is 5.32 Å². The van der Waals surface area contributed by atoms with Gasteiger partial charge in [-0.2, -0.15) is 0 Å². The van der Waals surface area contributed by atoms with Crippen LogP contribution in [0, 0.1) is 6.92 Å². The topological polar surface area (TPSA) is 64.0 Å². The normalized spacial score (nSPS) is 14.6. The van der Waals surface area contributed by atoms with Crippen LogP contribution in [0.1, 0.15) is 53.8 Å². The van der Waals surface area contributed by atoms with Crippen molar-refractivity contribution in [2.45, 2.75) is 58.5 Å². The molecular weight excluding hydrogens is 370 g/mol. The SMILES string of the molecule is CCC(NC(=O)Cn1cnc2sc3c(c2c1=O)CCCC3)c1ccc(C)cc1. The number of thiophene rings is 1. The van der Waals surface area contributed by atoms with Crippen LogP contribution in [-0.2, 0) is 24.2 Å². The lowest BCUT2D eigenvalue weighted by Crippen LogP contribution is -2.34. The molecular formula is C22H25N3O2S. The van der Waals surface area contributed by atoms with Crippen molar-refractivity contribution >= 4 is 27.5 Å². The zero-order valence-corrected chi connectivity index (χ0v) is 17.1. The highest BCUT2D eigenvalue weighted by Gasteiger charge is 2.21. The van der Waals surface area contributed by atoms with E-state index in [4.69, 9.17) is 0 Å². The van der Waals surface area contributed by atoms with Crippen LogP contribution in [0.5, 0.6) is 0 Å². The molecule has 4 rings (SSSR count). The minimum absolute atomic E-state index is 0.00520. The van der Waals surface area contributed by atoms with E-state index in [0.717, 1.165) is 47.0 Å². The average Bonchev–Trinajstić information content (AvgIpc) is 3.08. The molecule has 5 nitrogen and oxygen atoms in total. The van der Waals surface area contributed by atoms with Gasteiger partial charge in [0.1, 0.15) is 11.4 Å². The second-order valence-electron chi connectivity index (χ2n) is 7.51. The summed E-state index contributed by atoms with van der Waals surface area (Å²) in [5.41, 5.74) is 3.33. The van der Waals surface area contributed by atoms with E-state index in [-0.39, 0.29) is 24.1 Å². The average molecular weight is 396 g/mol. The number of nitrogens with one attached hydrogen (secondary N) is 1. The molecule has 0 saturated carbocycles. The zero-order chi connectivity index (χ0) is 19.7. The maximum atomic E-state index is 13.0. The summed E-state index contributed by atoms with van der Waals surface area (Å²) >= 11 is 1.63. The number of carbonyl (C=O) groups is 1. The summed E-state index contributed by atoms with van der Waals surface area (Å²) in [4.78, 5) is 32.2. The molecule has 6 heteroatoms. The molecule has 1 atom stereocenters. The molecule has 1 aliphatic rings. The number of hydrogen-bond acceptors (Lipinski definition) is 4. The fraction of sp³-hybridized carbons (Fsp3) is 0.409. The largest absolute Gasteiger partial charge is 0.348 e. The monoisotopic (exact) mass is 395 g/mol. The lowest BCUT2D eigenvalue weighted by molar-refractivity contribution is -0.122. The Morgan fingerprint density at radius 1 is 1.25 bits per heavy atom. The number of aryl methyl sites for hydroxylation is 3. The molecule has 0 spiro atoms. The van der Waals surface area contributed by atoms with Gasteiger partial charge in [-0.3, -0.25) is 14.2 Å². The van der Waals surface area contributed by atoms with Gasteiger partial charge in [0.25, 0.3) is 5.56 Å². The molecule has 0 aliphatic heterocycles. The lowest BCUT2D eigenvalue weighted by atomic mass is 9.97. The van der Waals surface area contributed by atoms with Crippen molar-refractivity contribution in [3.8, 4) is 0 Å². The van der Waals surface area contributed by atoms with Crippen LogP contribution in [0.4, 0.5) is 0 Å². The van der Waals surface area contributed by atoms with Crippen LogP contribution < -0.4 is 10.9 Å². The third kappa shape index (κ3) is 3.61. The van der Waals surface area contributed by atoms with Gasteiger partial charge in [0, 0.05) is 4.88 Å². The van der Waals surface area contributed by atoms with E-state index in [2.05, 4.69) is 10.3 Å². The van der Waals surface area contributed by atoms with Crippen LogP contribution in [0.2, 0.25) is 0 Å². The first-order valence-electron chi connectivity index (χ1n) is 9.92. The summed E-state index contributed by atoms with van der Waals surface area (Å²) in [6.07, 6.45) is 6.56. The Hall–Kier alpha value is -2.47. The molecule has 1 unspecified atom stereocenters. The van der Waals surface area contributed by atoms with E-state index >= 15 is 0 Å². The summed E-state index contributed by atoms with van der Waals surface area (Å²) in [7, 11) is 0. The van der Waals surface area contributed by atoms with Crippen LogP contribution in [0.25, 0.3) is 10.2 Å². The van der Waals surface area contributed by atoms with E-state index in [1.54, 1.807) is 11.3 Å². The van der Waals surface area contributed by atoms with Crippen molar-refractivity contribution in [3.63, 3.8) is 0 Å². The van der Waals surface area contributed by atoms with Crippen LogP contribution in [-0.4, -0.2) is 15.5 Å². The quantitative estimate of drug-likeness (QED) is 0.712. The third-order valence-corrected chi connectivity index (χ3v) is 6.68. The van der Waals surface area contributed by atoms with Crippen molar-refractivity contribution in [1.29, 1.82) is 0 Å². The van der Waals surface area contributed by atoms with Gasteiger partial charge in [-0.05, 0) is 50.2 Å². The van der Waals surface area contributed by atoms with E-state index in [9.17, 15) is 9.59 Å². The molecule has 1 N–H and O–H groups in total. The smallest absolute Gasteiger partial charge is 0.262 e. The minimum Gasteiger partial charge on any atom is -0.348 e. The summed E-state index contributed by atoms with van der Waals surface area (Å²) in [6.45, 7) is 4.08. The Balaban J connectivity index is 1.55. The fourth-order valence-corrected chi connectivity index (χ4v) is 5.13. The predicted molar refractivity (Wildman–Crippen MR) is 113 cm³/mol. The first-order chi connectivity index (χ1) is 13.6. The van der Waals surface area contributed by atoms with Crippen molar-refractivity contribution in [2.75, 3.05) is 0 Å². The number of amides is 1. The van der Waals surface area contributed by atoms with Crippen molar-refractivity contribution in [2.24, 2.45) is 0 Å². The number of benzene rings is 1. The molecule has 0 bridgehead atoms. The van der Waals surface area contributed by atoms with Gasteiger partial charge in [0.15, 0.2) is 0 Å². The Kier molecular flexibility index (Phi) is 5.31. The highest BCUT2D eigenvalue weighted by Crippen LogP contribution is 2.33. The standard InChI is InChI=1S/C22H25N3O2S/c1-3-17(15-10-8-14(2)9-11-15)24-19(26)12-25-13-23-21-20(22(25)27)16-6-4-5-7-18(16)28-21/h8-11,13,17H,3-7,12H2,1-2H3,(H,24,26). The Bertz CT molecular complexity index is 1070. The summed E-state index contributed by atoms with van der Waals surface area (Å²) in [6, 6.07) is 8.12. The van der Waals surface area contributed by atoms with Gasteiger partial charge >= 0.3 is 0 Å². The van der Waals surface area contributed by atoms with Crippen LogP contribution >= 0.6 is 11.3 Å². The second-order valence-corrected chi connectivity index (χ2v) is 8.59. The van der Waals surface area contributed by atoms with Crippen LogP contribution in [0.15, 0.2) is 35.4 Å². The minimum atomic E-state index is -0.167. The van der Waals surface area contributed by atoms with Crippen molar-refractivity contribution in [3.05, 3.63) is 62.5 Å². The van der Waals surface area contributed by atoms with Crippen LogP contribution in [0.3, 0.4) is 0 Å². The molecule has 0 fully saturated rings. The molecule has 1 aliphatic carbocycles. The molecule has 1 aromatic carbocycles.